The van der Waals surface area contributed by atoms with Crippen LogP contribution in [0.5, 0.6) is 0 Å². The third kappa shape index (κ3) is 4.23. The molecule has 2 amide bonds. The van der Waals surface area contributed by atoms with Crippen LogP contribution in [0.1, 0.15) is 11.1 Å². The van der Waals surface area contributed by atoms with Crippen molar-refractivity contribution in [1.29, 1.82) is 0 Å². The monoisotopic (exact) mass is 394 g/mol. The molecule has 146 valence electrons. The van der Waals surface area contributed by atoms with Crippen molar-refractivity contribution in [3.63, 3.8) is 0 Å². The van der Waals surface area contributed by atoms with Crippen LogP contribution < -0.4 is 10.9 Å². The lowest BCUT2D eigenvalue weighted by atomic mass is 10.1. The number of hydrogen-bond acceptors (Lipinski definition) is 4. The summed E-state index contributed by atoms with van der Waals surface area (Å²) in [4.78, 5) is 23.9. The van der Waals surface area contributed by atoms with Gasteiger partial charge in [-0.25, -0.2) is 10.9 Å². The highest BCUT2D eigenvalue weighted by Gasteiger charge is 2.11. The van der Waals surface area contributed by atoms with Gasteiger partial charge in [0, 0.05) is 11.1 Å². The maximum absolute atomic E-state index is 11.9. The van der Waals surface area contributed by atoms with Gasteiger partial charge >= 0.3 is 11.8 Å². The predicted molar refractivity (Wildman–Crippen MR) is 119 cm³/mol. The van der Waals surface area contributed by atoms with E-state index in [2.05, 4.69) is 21.1 Å². The quantitative estimate of drug-likeness (QED) is 0.315. The minimum Gasteiger partial charge on any atom is -0.262 e. The average molecular weight is 394 g/mol. The first-order valence-corrected chi connectivity index (χ1v) is 9.34. The van der Waals surface area contributed by atoms with Crippen LogP contribution in [0.2, 0.25) is 0 Å². The van der Waals surface area contributed by atoms with E-state index in [9.17, 15) is 9.59 Å². The standard InChI is InChI=1S/C24H18N4O2/c29-23(27-25-15-19-11-5-9-17-7-1-3-13-21(17)19)24(30)28-26-16-20-12-6-10-18-8-2-4-14-22(18)20/h1-16H,(H,27,29)(H,28,30)/b25-15+,26-16+. The molecule has 0 atom stereocenters. The number of benzene rings is 4. The molecule has 0 aliphatic carbocycles. The number of amides is 2. The number of hydrazone groups is 2. The Balaban J connectivity index is 1.37. The van der Waals surface area contributed by atoms with Gasteiger partial charge in [0.2, 0.25) is 0 Å². The average Bonchev–Trinajstić information content (AvgIpc) is 2.79. The van der Waals surface area contributed by atoms with E-state index in [0.717, 1.165) is 32.7 Å². The summed E-state index contributed by atoms with van der Waals surface area (Å²) in [7, 11) is 0. The fourth-order valence-corrected chi connectivity index (χ4v) is 3.15. The number of rotatable bonds is 4. The molecule has 6 nitrogen and oxygen atoms in total. The first kappa shape index (κ1) is 19.0. The summed E-state index contributed by atoms with van der Waals surface area (Å²) < 4.78 is 0. The Labute approximate surface area is 172 Å². The van der Waals surface area contributed by atoms with Crippen LogP contribution in [0.15, 0.2) is 95.1 Å². The van der Waals surface area contributed by atoms with Gasteiger partial charge in [0.1, 0.15) is 0 Å². The van der Waals surface area contributed by atoms with Crippen LogP contribution in [-0.4, -0.2) is 24.2 Å². The Hall–Kier alpha value is -4.32. The van der Waals surface area contributed by atoms with E-state index < -0.39 is 11.8 Å². The van der Waals surface area contributed by atoms with E-state index in [1.807, 2.05) is 84.9 Å². The van der Waals surface area contributed by atoms with Crippen LogP contribution >= 0.6 is 0 Å². The zero-order valence-corrected chi connectivity index (χ0v) is 15.9. The molecule has 4 aromatic carbocycles. The molecular weight excluding hydrogens is 376 g/mol. The fraction of sp³-hybridized carbons (Fsp3) is 0. The summed E-state index contributed by atoms with van der Waals surface area (Å²) in [5, 5.41) is 11.9. The molecule has 0 saturated heterocycles. The molecule has 0 fully saturated rings. The molecule has 2 N–H and O–H groups in total. The maximum atomic E-state index is 11.9. The zero-order valence-electron chi connectivity index (χ0n) is 15.9. The number of nitrogens with zero attached hydrogens (tertiary/aromatic N) is 2. The molecule has 0 aliphatic heterocycles. The molecule has 0 spiro atoms. The van der Waals surface area contributed by atoms with Crippen molar-refractivity contribution in [2.24, 2.45) is 10.2 Å². The van der Waals surface area contributed by atoms with E-state index in [4.69, 9.17) is 0 Å². The number of carbonyl (C=O) groups is 2. The Bertz CT molecular complexity index is 1180. The van der Waals surface area contributed by atoms with Gasteiger partial charge in [0.15, 0.2) is 0 Å². The summed E-state index contributed by atoms with van der Waals surface area (Å²) in [5.41, 5.74) is 6.11. The van der Waals surface area contributed by atoms with E-state index in [1.165, 1.54) is 12.4 Å². The summed E-state index contributed by atoms with van der Waals surface area (Å²) in [5.74, 6) is -1.80. The third-order valence-corrected chi connectivity index (χ3v) is 4.59. The third-order valence-electron chi connectivity index (χ3n) is 4.59. The van der Waals surface area contributed by atoms with E-state index in [-0.39, 0.29) is 0 Å². The molecule has 0 unspecified atom stereocenters. The minimum atomic E-state index is -0.901. The van der Waals surface area contributed by atoms with Gasteiger partial charge in [0.25, 0.3) is 0 Å². The maximum Gasteiger partial charge on any atom is 0.331 e. The van der Waals surface area contributed by atoms with Gasteiger partial charge in [-0.3, -0.25) is 9.59 Å². The Morgan fingerprint density at radius 2 is 0.967 bits per heavy atom. The predicted octanol–water partition coefficient (Wildman–Crippen LogP) is 3.59. The van der Waals surface area contributed by atoms with E-state index in [0.29, 0.717) is 0 Å². The van der Waals surface area contributed by atoms with Crippen molar-refractivity contribution >= 4 is 45.8 Å². The largest absolute Gasteiger partial charge is 0.331 e. The molecule has 0 saturated carbocycles. The highest BCUT2D eigenvalue weighted by Crippen LogP contribution is 2.17. The number of hydrogen-bond donors (Lipinski definition) is 2. The second-order valence-corrected chi connectivity index (χ2v) is 6.54. The Morgan fingerprint density at radius 3 is 1.43 bits per heavy atom. The van der Waals surface area contributed by atoms with Gasteiger partial charge in [-0.1, -0.05) is 84.9 Å². The summed E-state index contributed by atoms with van der Waals surface area (Å²) in [6.07, 6.45) is 3.01. The summed E-state index contributed by atoms with van der Waals surface area (Å²) in [6, 6.07) is 27.2. The van der Waals surface area contributed by atoms with Crippen molar-refractivity contribution in [2.45, 2.75) is 0 Å². The van der Waals surface area contributed by atoms with Gasteiger partial charge in [-0.15, -0.1) is 0 Å². The highest BCUT2D eigenvalue weighted by molar-refractivity contribution is 6.35. The first-order valence-electron chi connectivity index (χ1n) is 9.34. The lowest BCUT2D eigenvalue weighted by Crippen LogP contribution is -2.35. The molecule has 0 aromatic heterocycles. The van der Waals surface area contributed by atoms with Crippen LogP contribution in [-0.2, 0) is 9.59 Å². The topological polar surface area (TPSA) is 82.9 Å². The highest BCUT2D eigenvalue weighted by atomic mass is 16.2. The number of nitrogens with one attached hydrogen (secondary N) is 2. The molecule has 30 heavy (non-hydrogen) atoms. The SMILES string of the molecule is O=C(N/N=C/c1cccc2ccccc12)C(=O)N/N=C/c1cccc2ccccc12. The van der Waals surface area contributed by atoms with Crippen LogP contribution in [0.4, 0.5) is 0 Å². The second-order valence-electron chi connectivity index (χ2n) is 6.54. The van der Waals surface area contributed by atoms with Crippen molar-refractivity contribution in [3.8, 4) is 0 Å². The van der Waals surface area contributed by atoms with Crippen molar-refractivity contribution in [3.05, 3.63) is 96.1 Å². The molecule has 0 heterocycles. The summed E-state index contributed by atoms with van der Waals surface area (Å²) >= 11 is 0. The molecule has 0 bridgehead atoms. The molecule has 0 aliphatic rings. The van der Waals surface area contributed by atoms with Crippen LogP contribution in [0, 0.1) is 0 Å². The molecule has 6 heteroatoms. The molecular formula is C24H18N4O2. The lowest BCUT2D eigenvalue weighted by Gasteiger charge is -2.02. The minimum absolute atomic E-state index is 0.836. The second kappa shape index (κ2) is 8.79. The fourth-order valence-electron chi connectivity index (χ4n) is 3.15. The number of fused-ring (bicyclic) bond motifs is 2. The lowest BCUT2D eigenvalue weighted by molar-refractivity contribution is -0.139. The van der Waals surface area contributed by atoms with Gasteiger partial charge < -0.3 is 0 Å². The first-order chi connectivity index (χ1) is 14.7. The van der Waals surface area contributed by atoms with Gasteiger partial charge in [0.05, 0.1) is 12.4 Å². The molecule has 0 radical (unpaired) electrons. The van der Waals surface area contributed by atoms with Gasteiger partial charge in [-0.2, -0.15) is 10.2 Å². The Kier molecular flexibility index (Phi) is 5.57. The molecule has 4 aromatic rings. The zero-order chi connectivity index (χ0) is 20.8. The summed E-state index contributed by atoms with van der Waals surface area (Å²) in [6.45, 7) is 0. The van der Waals surface area contributed by atoms with Gasteiger partial charge in [-0.05, 0) is 21.5 Å². The van der Waals surface area contributed by atoms with E-state index >= 15 is 0 Å². The normalized spacial score (nSPS) is 11.3. The molecule has 4 rings (SSSR count). The van der Waals surface area contributed by atoms with Crippen LogP contribution in [0.3, 0.4) is 0 Å². The van der Waals surface area contributed by atoms with E-state index in [1.54, 1.807) is 0 Å². The van der Waals surface area contributed by atoms with Crippen LogP contribution in [0.25, 0.3) is 21.5 Å². The van der Waals surface area contributed by atoms with Crippen molar-refractivity contribution in [1.82, 2.24) is 10.9 Å². The Morgan fingerprint density at radius 1 is 0.567 bits per heavy atom. The smallest absolute Gasteiger partial charge is 0.262 e. The number of carbonyl (C=O) groups excluding carboxylic acids is 2. The van der Waals surface area contributed by atoms with Crippen molar-refractivity contribution < 1.29 is 9.59 Å². The van der Waals surface area contributed by atoms with Crippen molar-refractivity contribution in [2.75, 3.05) is 0 Å².